The van der Waals surface area contributed by atoms with Gasteiger partial charge in [0.1, 0.15) is 0 Å². The predicted octanol–water partition coefficient (Wildman–Crippen LogP) is 2.05. The molecule has 0 aliphatic carbocycles. The van der Waals surface area contributed by atoms with Gasteiger partial charge in [0.05, 0.1) is 0 Å². The molecule has 0 bridgehead atoms. The maximum absolute atomic E-state index is 12.0. The van der Waals surface area contributed by atoms with E-state index in [4.69, 9.17) is 0 Å². The zero-order valence-corrected chi connectivity index (χ0v) is 13.8. The first kappa shape index (κ1) is 15.7. The van der Waals surface area contributed by atoms with Crippen LogP contribution in [0.4, 0.5) is 10.7 Å². The number of hydrogen-bond acceptors (Lipinski definition) is 5. The van der Waals surface area contributed by atoms with Crippen LogP contribution in [0.2, 0.25) is 0 Å². The molecule has 0 spiro atoms. The van der Waals surface area contributed by atoms with Crippen molar-refractivity contribution in [2.45, 2.75) is 25.3 Å². The molecule has 0 radical (unpaired) electrons. The lowest BCUT2D eigenvalue weighted by molar-refractivity contribution is 0.235. The molecule has 1 atom stereocenters. The minimum atomic E-state index is -0.0962. The Morgan fingerprint density at radius 2 is 2.26 bits per heavy atom. The number of rotatable bonds is 5. The summed E-state index contributed by atoms with van der Waals surface area (Å²) in [6.45, 7) is 2.34. The topological polar surface area (TPSA) is 70.2 Å². The largest absolute Gasteiger partial charge is 0.339 e. The molecule has 0 saturated carbocycles. The fraction of sp³-hybridized carbons (Fsp3) is 0.438. The molecule has 1 fully saturated rings. The first-order chi connectivity index (χ1) is 11.3. The number of aromatic nitrogens is 2. The van der Waals surface area contributed by atoms with Crippen LogP contribution < -0.4 is 15.5 Å². The Kier molecular flexibility index (Phi) is 5.42. The summed E-state index contributed by atoms with van der Waals surface area (Å²) in [5.41, 5.74) is 1.26. The van der Waals surface area contributed by atoms with Crippen LogP contribution in [0.5, 0.6) is 0 Å². The fourth-order valence-corrected chi connectivity index (χ4v) is 3.43. The number of nitrogens with one attached hydrogen (secondary N) is 2. The second kappa shape index (κ2) is 7.92. The molecule has 0 aromatic carbocycles. The molecule has 1 saturated heterocycles. The number of anilines is 1. The summed E-state index contributed by atoms with van der Waals surface area (Å²) in [6, 6.07) is 3.93. The van der Waals surface area contributed by atoms with Crippen molar-refractivity contribution in [3.05, 3.63) is 40.8 Å². The number of carbonyl (C=O) groups is 1. The highest BCUT2D eigenvalue weighted by Gasteiger charge is 2.22. The van der Waals surface area contributed by atoms with Gasteiger partial charge >= 0.3 is 6.03 Å². The molecular formula is C16H21N5OS. The summed E-state index contributed by atoms with van der Waals surface area (Å²) in [6.07, 6.45) is 6.37. The molecule has 2 aromatic rings. The second-order valence-electron chi connectivity index (χ2n) is 5.62. The van der Waals surface area contributed by atoms with Gasteiger partial charge < -0.3 is 15.5 Å². The number of carbonyl (C=O) groups excluding carboxylic acids is 1. The van der Waals surface area contributed by atoms with Gasteiger partial charge in [-0.1, -0.05) is 0 Å². The summed E-state index contributed by atoms with van der Waals surface area (Å²) >= 11 is 1.68. The van der Waals surface area contributed by atoms with Crippen molar-refractivity contribution in [1.29, 1.82) is 0 Å². The Balaban J connectivity index is 1.43. The van der Waals surface area contributed by atoms with E-state index in [1.165, 1.54) is 5.56 Å². The summed E-state index contributed by atoms with van der Waals surface area (Å²) in [5, 5.41) is 10.1. The summed E-state index contributed by atoms with van der Waals surface area (Å²) in [7, 11) is 0. The van der Waals surface area contributed by atoms with Crippen LogP contribution in [0.1, 0.15) is 18.4 Å². The van der Waals surface area contributed by atoms with Crippen molar-refractivity contribution in [2.24, 2.45) is 0 Å². The molecule has 2 amide bonds. The van der Waals surface area contributed by atoms with Crippen LogP contribution in [-0.4, -0.2) is 41.7 Å². The van der Waals surface area contributed by atoms with E-state index in [1.54, 1.807) is 23.7 Å². The number of hydrogen-bond donors (Lipinski definition) is 2. The number of nitrogens with zero attached hydrogens (tertiary/aromatic N) is 3. The fourth-order valence-electron chi connectivity index (χ4n) is 2.72. The van der Waals surface area contributed by atoms with Crippen LogP contribution in [0, 0.1) is 0 Å². The Hall–Kier alpha value is -2.15. The third-order valence-corrected chi connectivity index (χ3v) is 4.60. The molecule has 3 heterocycles. The SMILES string of the molecule is O=C(NCCc1ccsc1)NC1CCCN(c2ncccn2)C1. The predicted molar refractivity (Wildman–Crippen MR) is 91.8 cm³/mol. The quantitative estimate of drug-likeness (QED) is 0.880. The summed E-state index contributed by atoms with van der Waals surface area (Å²) < 4.78 is 0. The van der Waals surface area contributed by atoms with Crippen LogP contribution in [0.25, 0.3) is 0 Å². The van der Waals surface area contributed by atoms with E-state index < -0.39 is 0 Å². The van der Waals surface area contributed by atoms with E-state index in [2.05, 4.69) is 42.3 Å². The van der Waals surface area contributed by atoms with Crippen LogP contribution in [-0.2, 0) is 6.42 Å². The van der Waals surface area contributed by atoms with Crippen molar-refractivity contribution >= 4 is 23.3 Å². The number of piperidine rings is 1. The van der Waals surface area contributed by atoms with Crippen molar-refractivity contribution < 1.29 is 4.79 Å². The molecule has 3 rings (SSSR count). The van der Waals surface area contributed by atoms with Crippen molar-refractivity contribution in [1.82, 2.24) is 20.6 Å². The van der Waals surface area contributed by atoms with Gasteiger partial charge in [-0.3, -0.25) is 0 Å². The Morgan fingerprint density at radius 3 is 3.04 bits per heavy atom. The number of amides is 2. The molecular weight excluding hydrogens is 310 g/mol. The van der Waals surface area contributed by atoms with Gasteiger partial charge in [-0.2, -0.15) is 11.3 Å². The lowest BCUT2D eigenvalue weighted by Crippen LogP contribution is -2.51. The molecule has 7 heteroatoms. The maximum Gasteiger partial charge on any atom is 0.315 e. The molecule has 1 unspecified atom stereocenters. The normalized spacial score (nSPS) is 17.7. The van der Waals surface area contributed by atoms with Gasteiger partial charge in [0, 0.05) is 38.1 Å². The van der Waals surface area contributed by atoms with E-state index >= 15 is 0 Å². The first-order valence-corrected chi connectivity index (χ1v) is 8.83. The van der Waals surface area contributed by atoms with Crippen LogP contribution >= 0.6 is 11.3 Å². The highest BCUT2D eigenvalue weighted by Crippen LogP contribution is 2.15. The van der Waals surface area contributed by atoms with Gasteiger partial charge in [-0.25, -0.2) is 14.8 Å². The Bertz CT molecular complexity index is 604. The van der Waals surface area contributed by atoms with E-state index in [1.807, 2.05) is 6.07 Å². The molecule has 1 aliphatic rings. The zero-order chi connectivity index (χ0) is 15.9. The van der Waals surface area contributed by atoms with Crippen molar-refractivity contribution in [3.8, 4) is 0 Å². The maximum atomic E-state index is 12.0. The summed E-state index contributed by atoms with van der Waals surface area (Å²) in [5.74, 6) is 0.733. The monoisotopic (exact) mass is 331 g/mol. The Morgan fingerprint density at radius 1 is 1.39 bits per heavy atom. The van der Waals surface area contributed by atoms with Gasteiger partial charge in [-0.15, -0.1) is 0 Å². The third-order valence-electron chi connectivity index (χ3n) is 3.87. The van der Waals surface area contributed by atoms with Gasteiger partial charge in [0.15, 0.2) is 0 Å². The van der Waals surface area contributed by atoms with Crippen molar-refractivity contribution in [2.75, 3.05) is 24.5 Å². The standard InChI is InChI=1S/C16H21N5OS/c22-16(19-8-4-13-5-10-23-12-13)20-14-3-1-9-21(11-14)15-17-6-2-7-18-15/h2,5-7,10,12,14H,1,3-4,8-9,11H2,(H2,19,20,22). The molecule has 122 valence electrons. The Labute approximate surface area is 140 Å². The second-order valence-corrected chi connectivity index (χ2v) is 6.40. The van der Waals surface area contributed by atoms with Gasteiger partial charge in [0.2, 0.25) is 5.95 Å². The highest BCUT2D eigenvalue weighted by atomic mass is 32.1. The highest BCUT2D eigenvalue weighted by molar-refractivity contribution is 7.07. The zero-order valence-electron chi connectivity index (χ0n) is 12.9. The van der Waals surface area contributed by atoms with Crippen LogP contribution in [0.3, 0.4) is 0 Å². The number of urea groups is 1. The summed E-state index contributed by atoms with van der Waals surface area (Å²) in [4.78, 5) is 22.7. The lowest BCUT2D eigenvalue weighted by atomic mass is 10.1. The smallest absolute Gasteiger partial charge is 0.315 e. The molecule has 23 heavy (non-hydrogen) atoms. The minimum absolute atomic E-state index is 0.0962. The van der Waals surface area contributed by atoms with Crippen LogP contribution in [0.15, 0.2) is 35.3 Å². The minimum Gasteiger partial charge on any atom is -0.339 e. The third kappa shape index (κ3) is 4.66. The molecule has 2 N–H and O–H groups in total. The molecule has 6 nitrogen and oxygen atoms in total. The van der Waals surface area contributed by atoms with Gasteiger partial charge in [0.25, 0.3) is 0 Å². The number of thiophene rings is 1. The van der Waals surface area contributed by atoms with E-state index in [0.29, 0.717) is 6.54 Å². The van der Waals surface area contributed by atoms with Crippen molar-refractivity contribution in [3.63, 3.8) is 0 Å². The average molecular weight is 331 g/mol. The first-order valence-electron chi connectivity index (χ1n) is 7.88. The van der Waals surface area contributed by atoms with E-state index in [9.17, 15) is 4.79 Å². The van der Waals surface area contributed by atoms with Gasteiger partial charge in [-0.05, 0) is 47.7 Å². The van der Waals surface area contributed by atoms with E-state index in [0.717, 1.165) is 38.3 Å². The van der Waals surface area contributed by atoms with E-state index in [-0.39, 0.29) is 12.1 Å². The molecule has 1 aliphatic heterocycles. The average Bonchev–Trinajstić information content (AvgIpc) is 3.09. The molecule has 2 aromatic heterocycles. The lowest BCUT2D eigenvalue weighted by Gasteiger charge is -2.33.